The fourth-order valence-corrected chi connectivity index (χ4v) is 3.98. The third-order valence-electron chi connectivity index (χ3n) is 3.92. The number of sulfonamides is 1. The Morgan fingerprint density at radius 1 is 1.03 bits per heavy atom. The second kappa shape index (κ2) is 8.57. The summed E-state index contributed by atoms with van der Waals surface area (Å²) in [5.41, 5.74) is -5.65. The summed E-state index contributed by atoms with van der Waals surface area (Å²) in [7, 11) is -7.98. The van der Waals surface area contributed by atoms with Crippen molar-refractivity contribution in [3.63, 3.8) is 0 Å². The van der Waals surface area contributed by atoms with Crippen molar-refractivity contribution in [2.45, 2.75) is 22.7 Å². The van der Waals surface area contributed by atoms with Crippen molar-refractivity contribution in [2.24, 2.45) is 0 Å². The minimum Gasteiger partial charge on any atom is -0.375 e. The fourth-order valence-electron chi connectivity index (χ4n) is 2.43. The van der Waals surface area contributed by atoms with E-state index in [1.165, 1.54) is 13.1 Å². The van der Waals surface area contributed by atoms with Gasteiger partial charge in [-0.1, -0.05) is 24.3 Å². The molecule has 0 radical (unpaired) electrons. The highest BCUT2D eigenvalue weighted by atomic mass is 32.2. The van der Waals surface area contributed by atoms with Crippen molar-refractivity contribution in [1.29, 1.82) is 0 Å². The summed E-state index contributed by atoms with van der Waals surface area (Å²) in [5.74, 6) is -0.290. The standard InChI is InChI=1S/C16H16F3N3O6S2/c1-20-29(25,26)10-12-4-2-3-11(7-12)9-21-14-6-5-13(8-15(14)22(23)24)30(27,28)16(17,18)19/h2-8,20-21H,9-10H2,1H3. The van der Waals surface area contributed by atoms with Gasteiger partial charge in [0.2, 0.25) is 10.0 Å². The normalized spacial score (nSPS) is 12.5. The third kappa shape index (κ3) is 5.46. The second-order valence-electron chi connectivity index (χ2n) is 6.02. The number of rotatable bonds is 8. The molecular formula is C16H16F3N3O6S2. The van der Waals surface area contributed by atoms with Crippen molar-refractivity contribution >= 4 is 31.2 Å². The number of alkyl halides is 3. The van der Waals surface area contributed by atoms with E-state index in [4.69, 9.17) is 0 Å². The molecule has 30 heavy (non-hydrogen) atoms. The minimum absolute atomic E-state index is 0.0281. The van der Waals surface area contributed by atoms with Gasteiger partial charge in [0, 0.05) is 12.6 Å². The first-order valence-corrected chi connectivity index (χ1v) is 11.2. The number of halogens is 3. The van der Waals surface area contributed by atoms with Crippen LogP contribution in [0.3, 0.4) is 0 Å². The molecule has 2 aromatic carbocycles. The molecule has 0 fully saturated rings. The highest BCUT2D eigenvalue weighted by molar-refractivity contribution is 7.92. The van der Waals surface area contributed by atoms with E-state index in [1.54, 1.807) is 18.2 Å². The minimum atomic E-state index is -5.74. The van der Waals surface area contributed by atoms with Gasteiger partial charge in [-0.15, -0.1) is 0 Å². The zero-order valence-corrected chi connectivity index (χ0v) is 16.9. The number of hydrogen-bond acceptors (Lipinski definition) is 7. The summed E-state index contributed by atoms with van der Waals surface area (Å²) < 4.78 is 86.4. The Morgan fingerprint density at radius 2 is 1.67 bits per heavy atom. The van der Waals surface area contributed by atoms with E-state index in [9.17, 15) is 40.1 Å². The number of nitrogens with one attached hydrogen (secondary N) is 2. The van der Waals surface area contributed by atoms with Crippen molar-refractivity contribution in [3.8, 4) is 0 Å². The van der Waals surface area contributed by atoms with Crippen LogP contribution in [0.4, 0.5) is 24.5 Å². The van der Waals surface area contributed by atoms with Crippen LogP contribution in [0.15, 0.2) is 47.4 Å². The topological polar surface area (TPSA) is 135 Å². The van der Waals surface area contributed by atoms with E-state index in [-0.39, 0.29) is 18.0 Å². The van der Waals surface area contributed by atoms with Crippen molar-refractivity contribution < 1.29 is 34.9 Å². The summed E-state index contributed by atoms with van der Waals surface area (Å²) >= 11 is 0. The lowest BCUT2D eigenvalue weighted by Crippen LogP contribution is -2.23. The van der Waals surface area contributed by atoms with Gasteiger partial charge in [0.15, 0.2) is 0 Å². The molecule has 0 heterocycles. The second-order valence-corrected chi connectivity index (χ2v) is 9.89. The predicted octanol–water partition coefficient (Wildman–Crippen LogP) is 2.55. The number of benzene rings is 2. The van der Waals surface area contributed by atoms with Gasteiger partial charge < -0.3 is 5.32 Å². The van der Waals surface area contributed by atoms with E-state index in [1.807, 2.05) is 0 Å². The molecule has 0 aliphatic heterocycles. The Kier molecular flexibility index (Phi) is 6.73. The van der Waals surface area contributed by atoms with E-state index in [0.29, 0.717) is 23.3 Å². The van der Waals surface area contributed by atoms with Gasteiger partial charge in [-0.05, 0) is 30.3 Å². The van der Waals surface area contributed by atoms with E-state index in [0.717, 1.165) is 6.07 Å². The Labute approximate surface area is 170 Å². The quantitative estimate of drug-likeness (QED) is 0.450. The molecule has 2 aromatic rings. The molecule has 0 aliphatic rings. The molecule has 0 saturated carbocycles. The first kappa shape index (κ1) is 23.6. The average molecular weight is 467 g/mol. The fraction of sp³-hybridized carbons (Fsp3) is 0.250. The van der Waals surface area contributed by atoms with Gasteiger partial charge in [0.05, 0.1) is 15.6 Å². The Balaban J connectivity index is 2.29. The number of sulfone groups is 1. The maximum Gasteiger partial charge on any atom is 0.501 e. The Hall–Kier alpha value is -2.71. The first-order valence-electron chi connectivity index (χ1n) is 8.09. The lowest BCUT2D eigenvalue weighted by Gasteiger charge is -2.11. The largest absolute Gasteiger partial charge is 0.501 e. The summed E-state index contributed by atoms with van der Waals surface area (Å²) in [4.78, 5) is 8.97. The smallest absolute Gasteiger partial charge is 0.375 e. The predicted molar refractivity (Wildman–Crippen MR) is 102 cm³/mol. The zero-order chi connectivity index (χ0) is 22.7. The van der Waals surface area contributed by atoms with Crippen LogP contribution in [0.1, 0.15) is 11.1 Å². The SMILES string of the molecule is CNS(=O)(=O)Cc1cccc(CNc2ccc(S(=O)(=O)C(F)(F)F)cc2[N+](=O)[O-])c1. The summed E-state index contributed by atoms with van der Waals surface area (Å²) in [6, 6.07) is 8.11. The number of nitro benzene ring substituents is 1. The molecule has 164 valence electrons. The molecule has 0 saturated heterocycles. The van der Waals surface area contributed by atoms with Gasteiger partial charge in [-0.25, -0.2) is 21.6 Å². The van der Waals surface area contributed by atoms with Gasteiger partial charge >= 0.3 is 5.51 Å². The Bertz CT molecular complexity index is 1160. The molecule has 0 aliphatic carbocycles. The van der Waals surface area contributed by atoms with Crippen molar-refractivity contribution in [1.82, 2.24) is 4.72 Å². The average Bonchev–Trinajstić information content (AvgIpc) is 2.65. The lowest BCUT2D eigenvalue weighted by atomic mass is 10.1. The molecule has 14 heteroatoms. The number of nitro groups is 1. The molecule has 2 N–H and O–H groups in total. The Morgan fingerprint density at radius 3 is 2.23 bits per heavy atom. The van der Waals surface area contributed by atoms with Crippen LogP contribution in [0.25, 0.3) is 0 Å². The zero-order valence-electron chi connectivity index (χ0n) is 15.3. The van der Waals surface area contributed by atoms with Gasteiger partial charge in [0.1, 0.15) is 5.69 Å². The number of hydrogen-bond donors (Lipinski definition) is 2. The molecule has 0 amide bonds. The van der Waals surface area contributed by atoms with Crippen molar-refractivity contribution in [2.75, 3.05) is 12.4 Å². The monoisotopic (exact) mass is 467 g/mol. The van der Waals surface area contributed by atoms with Crippen molar-refractivity contribution in [3.05, 3.63) is 63.7 Å². The van der Waals surface area contributed by atoms with Crippen LogP contribution in [-0.4, -0.2) is 34.3 Å². The third-order valence-corrected chi connectivity index (χ3v) is 6.74. The molecule has 0 aromatic heterocycles. The van der Waals surface area contributed by atoms with Crippen LogP contribution in [-0.2, 0) is 32.2 Å². The molecule has 0 spiro atoms. The molecular weight excluding hydrogens is 451 g/mol. The maximum absolute atomic E-state index is 12.7. The van der Waals surface area contributed by atoms with Gasteiger partial charge in [-0.3, -0.25) is 10.1 Å². The van der Waals surface area contributed by atoms with Crippen LogP contribution in [0, 0.1) is 10.1 Å². The van der Waals surface area contributed by atoms with E-state index >= 15 is 0 Å². The van der Waals surface area contributed by atoms with Crippen LogP contribution in [0.5, 0.6) is 0 Å². The molecule has 2 rings (SSSR count). The molecule has 0 atom stereocenters. The van der Waals surface area contributed by atoms with Gasteiger partial charge in [0.25, 0.3) is 15.5 Å². The van der Waals surface area contributed by atoms with E-state index < -0.39 is 40.9 Å². The van der Waals surface area contributed by atoms with E-state index in [2.05, 4.69) is 10.0 Å². The molecule has 0 bridgehead atoms. The van der Waals surface area contributed by atoms with Crippen LogP contribution in [0.2, 0.25) is 0 Å². The number of nitrogens with zero attached hydrogens (tertiary/aromatic N) is 1. The highest BCUT2D eigenvalue weighted by Gasteiger charge is 2.47. The van der Waals surface area contributed by atoms with Crippen LogP contribution < -0.4 is 10.0 Å². The summed E-state index contributed by atoms with van der Waals surface area (Å²) in [6.07, 6.45) is 0. The summed E-state index contributed by atoms with van der Waals surface area (Å²) in [6.45, 7) is -0.0281. The van der Waals surface area contributed by atoms with Crippen LogP contribution >= 0.6 is 0 Å². The van der Waals surface area contributed by atoms with Gasteiger partial charge in [-0.2, -0.15) is 13.2 Å². The number of anilines is 1. The molecule has 9 nitrogen and oxygen atoms in total. The lowest BCUT2D eigenvalue weighted by molar-refractivity contribution is -0.384. The molecule has 0 unspecified atom stereocenters. The maximum atomic E-state index is 12.7. The highest BCUT2D eigenvalue weighted by Crippen LogP contribution is 2.34. The first-order chi connectivity index (χ1) is 13.8. The summed E-state index contributed by atoms with van der Waals surface area (Å²) in [5, 5.41) is 13.9.